The second kappa shape index (κ2) is 5.10. The van der Waals surface area contributed by atoms with Crippen molar-refractivity contribution in [1.29, 1.82) is 0 Å². The van der Waals surface area contributed by atoms with Crippen molar-refractivity contribution in [2.75, 3.05) is 0 Å². The molecule has 0 saturated carbocycles. The summed E-state index contributed by atoms with van der Waals surface area (Å²) in [5.74, 6) is 0. The first-order valence-electron chi connectivity index (χ1n) is 10.7. The number of nitrogens with zero attached hydrogens (tertiary/aromatic N) is 1. The Bertz CT molecular complexity index is 1440. The predicted octanol–water partition coefficient (Wildman–Crippen LogP) is 7.22. The Morgan fingerprint density at radius 3 is 2.62 bits per heavy atom. The first kappa shape index (κ1) is 15.8. The zero-order chi connectivity index (χ0) is 19.3. The average molecular weight is 373 g/mol. The Morgan fingerprint density at radius 2 is 1.69 bits per heavy atom. The third-order valence-electron chi connectivity index (χ3n) is 7.50. The van der Waals surface area contributed by atoms with Crippen LogP contribution in [0.1, 0.15) is 43.4 Å². The minimum absolute atomic E-state index is 0.0480. The summed E-state index contributed by atoms with van der Waals surface area (Å²) in [6.45, 7) is 5.78. The summed E-state index contributed by atoms with van der Waals surface area (Å²) in [7, 11) is 0. The molecule has 0 radical (unpaired) electrons. The molecule has 3 aromatic carbocycles. The monoisotopic (exact) mass is 373 g/mol. The molecule has 1 aliphatic heterocycles. The SMILES string of the molecule is CC1(C)c2ccccc2-c2cc3c4cccc5c4n(c3cc21)CC1=C5C=CCC1. The van der Waals surface area contributed by atoms with Crippen LogP contribution in [0.25, 0.3) is 38.5 Å². The van der Waals surface area contributed by atoms with Gasteiger partial charge >= 0.3 is 0 Å². The van der Waals surface area contributed by atoms with E-state index in [2.05, 4.69) is 85.2 Å². The van der Waals surface area contributed by atoms with Crippen LogP contribution in [0, 0.1) is 0 Å². The molecule has 2 heterocycles. The summed E-state index contributed by atoms with van der Waals surface area (Å²) in [5.41, 5.74) is 13.1. The van der Waals surface area contributed by atoms with Crippen LogP contribution in [0.15, 0.2) is 72.3 Å². The molecule has 1 nitrogen and oxygen atoms in total. The van der Waals surface area contributed by atoms with Crippen molar-refractivity contribution in [2.45, 2.75) is 38.6 Å². The zero-order valence-corrected chi connectivity index (χ0v) is 16.9. The topological polar surface area (TPSA) is 4.93 Å². The number of hydrogen-bond acceptors (Lipinski definition) is 0. The normalized spacial score (nSPS) is 18.3. The van der Waals surface area contributed by atoms with Gasteiger partial charge in [-0.15, -0.1) is 0 Å². The summed E-state index contributed by atoms with van der Waals surface area (Å²) >= 11 is 0. The van der Waals surface area contributed by atoms with Gasteiger partial charge in [0.1, 0.15) is 0 Å². The van der Waals surface area contributed by atoms with E-state index < -0.39 is 0 Å². The molecule has 0 N–H and O–H groups in total. The van der Waals surface area contributed by atoms with Crippen LogP contribution in [0.2, 0.25) is 0 Å². The van der Waals surface area contributed by atoms with Crippen molar-refractivity contribution in [2.24, 2.45) is 0 Å². The Hall–Kier alpha value is -3.06. The summed E-state index contributed by atoms with van der Waals surface area (Å²) < 4.78 is 2.59. The molecule has 140 valence electrons. The maximum atomic E-state index is 2.59. The minimum atomic E-state index is 0.0480. The van der Waals surface area contributed by atoms with Crippen molar-refractivity contribution in [1.82, 2.24) is 4.57 Å². The molecular weight excluding hydrogens is 350 g/mol. The highest BCUT2D eigenvalue weighted by molar-refractivity contribution is 6.14. The number of hydrogen-bond donors (Lipinski definition) is 0. The summed E-state index contributed by atoms with van der Waals surface area (Å²) in [6, 6.07) is 20.8. The van der Waals surface area contributed by atoms with Gasteiger partial charge in [0, 0.05) is 33.8 Å². The lowest BCUT2D eigenvalue weighted by molar-refractivity contribution is 0.660. The summed E-state index contributed by atoms with van der Waals surface area (Å²) in [4.78, 5) is 0. The quantitative estimate of drug-likeness (QED) is 0.307. The van der Waals surface area contributed by atoms with Gasteiger partial charge in [0.2, 0.25) is 0 Å². The fraction of sp³-hybridized carbons (Fsp3) is 0.214. The summed E-state index contributed by atoms with van der Waals surface area (Å²) in [6.07, 6.45) is 7.04. The lowest BCUT2D eigenvalue weighted by atomic mass is 9.82. The van der Waals surface area contributed by atoms with E-state index >= 15 is 0 Å². The van der Waals surface area contributed by atoms with Crippen LogP contribution in [-0.2, 0) is 12.0 Å². The fourth-order valence-corrected chi connectivity index (χ4v) is 6.08. The van der Waals surface area contributed by atoms with Crippen LogP contribution >= 0.6 is 0 Å². The predicted molar refractivity (Wildman–Crippen MR) is 122 cm³/mol. The molecular formula is C28H23N. The second-order valence-electron chi connectivity index (χ2n) is 9.33. The highest BCUT2D eigenvalue weighted by atomic mass is 15.0. The Balaban J connectivity index is 1.62. The van der Waals surface area contributed by atoms with E-state index in [9.17, 15) is 0 Å². The molecule has 1 aromatic heterocycles. The molecule has 0 atom stereocenters. The van der Waals surface area contributed by atoms with E-state index in [1.807, 2.05) is 0 Å². The minimum Gasteiger partial charge on any atom is -0.336 e. The summed E-state index contributed by atoms with van der Waals surface area (Å²) in [5, 5.41) is 2.80. The number of rotatable bonds is 0. The largest absolute Gasteiger partial charge is 0.336 e. The van der Waals surface area contributed by atoms with Crippen molar-refractivity contribution in [3.05, 3.63) is 89.0 Å². The highest BCUT2D eigenvalue weighted by Gasteiger charge is 2.36. The number of aromatic nitrogens is 1. The molecule has 7 rings (SSSR count). The van der Waals surface area contributed by atoms with Crippen molar-refractivity contribution < 1.29 is 0 Å². The van der Waals surface area contributed by atoms with Crippen LogP contribution in [0.5, 0.6) is 0 Å². The molecule has 29 heavy (non-hydrogen) atoms. The zero-order valence-electron chi connectivity index (χ0n) is 16.9. The number of fused-ring (bicyclic) bond motifs is 7. The average Bonchev–Trinajstić information content (AvgIpc) is 3.18. The van der Waals surface area contributed by atoms with Crippen molar-refractivity contribution in [3.8, 4) is 11.1 Å². The molecule has 1 heteroatoms. The van der Waals surface area contributed by atoms with Gasteiger partial charge in [-0.3, -0.25) is 0 Å². The van der Waals surface area contributed by atoms with Gasteiger partial charge in [0.15, 0.2) is 0 Å². The maximum Gasteiger partial charge on any atom is 0.0574 e. The van der Waals surface area contributed by atoms with Gasteiger partial charge in [-0.25, -0.2) is 0 Å². The molecule has 2 aliphatic carbocycles. The van der Waals surface area contributed by atoms with Crippen LogP contribution in [0.4, 0.5) is 0 Å². The lowest BCUT2D eigenvalue weighted by Crippen LogP contribution is -2.15. The van der Waals surface area contributed by atoms with E-state index in [0.29, 0.717) is 0 Å². The molecule has 0 amide bonds. The Labute approximate surface area is 171 Å². The molecule has 0 saturated heterocycles. The lowest BCUT2D eigenvalue weighted by Gasteiger charge is -2.25. The first-order chi connectivity index (χ1) is 14.1. The molecule has 0 spiro atoms. The molecule has 0 bridgehead atoms. The molecule has 4 aromatic rings. The smallest absolute Gasteiger partial charge is 0.0574 e. The van der Waals surface area contributed by atoms with Gasteiger partial charge in [-0.2, -0.15) is 0 Å². The van der Waals surface area contributed by atoms with Crippen LogP contribution in [0.3, 0.4) is 0 Å². The molecule has 0 unspecified atom stereocenters. The van der Waals surface area contributed by atoms with Crippen LogP contribution < -0.4 is 0 Å². The van der Waals surface area contributed by atoms with Crippen molar-refractivity contribution in [3.63, 3.8) is 0 Å². The van der Waals surface area contributed by atoms with Gasteiger partial charge < -0.3 is 4.57 Å². The third-order valence-corrected chi connectivity index (χ3v) is 7.50. The van der Waals surface area contributed by atoms with Gasteiger partial charge in [-0.05, 0) is 58.4 Å². The van der Waals surface area contributed by atoms with Crippen LogP contribution in [-0.4, -0.2) is 4.57 Å². The van der Waals surface area contributed by atoms with E-state index in [-0.39, 0.29) is 5.41 Å². The Morgan fingerprint density at radius 1 is 0.828 bits per heavy atom. The number of para-hydroxylation sites is 1. The fourth-order valence-electron chi connectivity index (χ4n) is 6.08. The standard InChI is InChI=1S/C28H23N/c1-28(2)24-13-6-5-10-19(24)22-14-23-21-12-7-11-20-18-9-4-3-8-17(18)16-29(27(20)21)26(23)15-25(22)28/h4-7,9-15H,3,8,16H2,1-2H3. The first-order valence-corrected chi connectivity index (χ1v) is 10.7. The van der Waals surface area contributed by atoms with E-state index in [1.54, 1.807) is 5.57 Å². The van der Waals surface area contributed by atoms with E-state index in [0.717, 1.165) is 6.54 Å². The van der Waals surface area contributed by atoms with Crippen molar-refractivity contribution >= 4 is 27.4 Å². The van der Waals surface area contributed by atoms with Gasteiger partial charge in [-0.1, -0.05) is 68.5 Å². The Kier molecular flexibility index (Phi) is 2.78. The molecule has 3 aliphatic rings. The van der Waals surface area contributed by atoms with E-state index in [4.69, 9.17) is 0 Å². The highest BCUT2D eigenvalue weighted by Crippen LogP contribution is 2.51. The van der Waals surface area contributed by atoms with E-state index in [1.165, 1.54) is 68.0 Å². The van der Waals surface area contributed by atoms with Gasteiger partial charge in [0.25, 0.3) is 0 Å². The molecule has 0 fully saturated rings. The number of allylic oxidation sites excluding steroid dienone is 4. The van der Waals surface area contributed by atoms with Gasteiger partial charge in [0.05, 0.1) is 5.52 Å². The maximum absolute atomic E-state index is 2.59. The second-order valence-corrected chi connectivity index (χ2v) is 9.33. The number of benzene rings is 3. The third kappa shape index (κ3) is 1.82.